The molecule has 92 valence electrons. The van der Waals surface area contributed by atoms with E-state index in [9.17, 15) is 4.79 Å². The maximum atomic E-state index is 12.0. The summed E-state index contributed by atoms with van der Waals surface area (Å²) in [4.78, 5) is 12.0. The van der Waals surface area contributed by atoms with Gasteiger partial charge in [-0.05, 0) is 36.6 Å². The first-order valence-electron chi connectivity index (χ1n) is 5.48. The van der Waals surface area contributed by atoms with Crippen LogP contribution in [0.3, 0.4) is 0 Å². The second kappa shape index (κ2) is 6.03. The maximum Gasteiger partial charge on any atom is 0.210 e. The van der Waals surface area contributed by atoms with Gasteiger partial charge in [0.25, 0.3) is 0 Å². The van der Waals surface area contributed by atoms with Crippen LogP contribution in [0.1, 0.15) is 30.6 Å². The second-order valence-electron chi connectivity index (χ2n) is 4.20. The van der Waals surface area contributed by atoms with Gasteiger partial charge in [0.2, 0.25) is 5.78 Å². The van der Waals surface area contributed by atoms with Crippen LogP contribution in [0.4, 0.5) is 0 Å². The fourth-order valence-corrected chi connectivity index (χ4v) is 1.47. The third-order valence-electron chi connectivity index (χ3n) is 2.34. The Morgan fingerprint density at radius 3 is 2.35 bits per heavy atom. The third kappa shape index (κ3) is 3.59. The van der Waals surface area contributed by atoms with E-state index < -0.39 is 0 Å². The molecule has 4 heteroatoms. The van der Waals surface area contributed by atoms with Crippen molar-refractivity contribution in [3.8, 4) is 5.75 Å². The van der Waals surface area contributed by atoms with Crippen molar-refractivity contribution in [2.45, 2.75) is 20.3 Å². The van der Waals surface area contributed by atoms with Gasteiger partial charge in [0.1, 0.15) is 11.5 Å². The van der Waals surface area contributed by atoms with Gasteiger partial charge in [-0.25, -0.2) is 0 Å². The van der Waals surface area contributed by atoms with Gasteiger partial charge >= 0.3 is 0 Å². The zero-order valence-corrected chi connectivity index (χ0v) is 10.3. The Kier molecular flexibility index (Phi) is 4.69. The van der Waals surface area contributed by atoms with Crippen LogP contribution >= 0.6 is 0 Å². The predicted octanol–water partition coefficient (Wildman–Crippen LogP) is 2.75. The molecule has 0 atom stereocenters. The number of ketones is 1. The molecule has 0 aliphatic heterocycles. The molecule has 17 heavy (non-hydrogen) atoms. The van der Waals surface area contributed by atoms with Crippen molar-refractivity contribution < 1.29 is 14.7 Å². The molecule has 0 amide bonds. The molecule has 0 aliphatic rings. The molecule has 0 aliphatic carbocycles. The van der Waals surface area contributed by atoms with Gasteiger partial charge in [-0.2, -0.15) is 0 Å². The summed E-state index contributed by atoms with van der Waals surface area (Å²) in [5.41, 5.74) is 0.685. The summed E-state index contributed by atoms with van der Waals surface area (Å²) in [6, 6.07) is 6.73. The van der Waals surface area contributed by atoms with Crippen LogP contribution < -0.4 is 4.74 Å². The fraction of sp³-hybridized carbons (Fsp3) is 0.385. The van der Waals surface area contributed by atoms with E-state index in [4.69, 9.17) is 9.94 Å². The molecule has 1 rings (SSSR count). The molecular formula is C13H17NO3. The quantitative estimate of drug-likeness (QED) is 0.369. The van der Waals surface area contributed by atoms with Crippen molar-refractivity contribution >= 4 is 11.5 Å². The monoisotopic (exact) mass is 235 g/mol. The molecule has 0 spiro atoms. The Morgan fingerprint density at radius 1 is 1.35 bits per heavy atom. The van der Waals surface area contributed by atoms with Crippen LogP contribution in [-0.2, 0) is 0 Å². The van der Waals surface area contributed by atoms with Crippen molar-refractivity contribution in [2.24, 2.45) is 11.1 Å². The smallest absolute Gasteiger partial charge is 0.210 e. The van der Waals surface area contributed by atoms with E-state index in [1.807, 2.05) is 13.8 Å². The molecule has 0 aromatic heterocycles. The Hall–Kier alpha value is -1.84. The van der Waals surface area contributed by atoms with Crippen LogP contribution in [0.25, 0.3) is 0 Å². The van der Waals surface area contributed by atoms with E-state index in [-0.39, 0.29) is 17.4 Å². The highest BCUT2D eigenvalue weighted by Gasteiger charge is 2.16. The lowest BCUT2D eigenvalue weighted by Crippen LogP contribution is -2.16. The van der Waals surface area contributed by atoms with Gasteiger partial charge in [0.05, 0.1) is 7.11 Å². The van der Waals surface area contributed by atoms with Gasteiger partial charge in [-0.1, -0.05) is 19.0 Å². The Labute approximate surface area is 101 Å². The van der Waals surface area contributed by atoms with Crippen LogP contribution in [0.2, 0.25) is 0 Å². The summed E-state index contributed by atoms with van der Waals surface area (Å²) in [5.74, 6) is 0.708. The normalized spacial score (nSPS) is 11.6. The van der Waals surface area contributed by atoms with Crippen molar-refractivity contribution in [1.29, 1.82) is 0 Å². The van der Waals surface area contributed by atoms with Crippen LogP contribution in [0.15, 0.2) is 29.4 Å². The Morgan fingerprint density at radius 2 is 1.94 bits per heavy atom. The van der Waals surface area contributed by atoms with Gasteiger partial charge < -0.3 is 9.94 Å². The number of oxime groups is 1. The van der Waals surface area contributed by atoms with Crippen LogP contribution in [0, 0.1) is 5.92 Å². The SMILES string of the molecule is COc1ccc(C(=O)/C(CC(C)C)=N/O)cc1. The van der Waals surface area contributed by atoms with E-state index in [2.05, 4.69) is 5.16 Å². The number of rotatable bonds is 5. The Balaban J connectivity index is 2.87. The van der Waals surface area contributed by atoms with Crippen LogP contribution in [0.5, 0.6) is 5.75 Å². The molecule has 4 nitrogen and oxygen atoms in total. The molecule has 1 aromatic carbocycles. The van der Waals surface area contributed by atoms with Crippen molar-refractivity contribution in [2.75, 3.05) is 7.11 Å². The number of ether oxygens (including phenoxy) is 1. The maximum absolute atomic E-state index is 12.0. The molecule has 0 unspecified atom stereocenters. The highest BCUT2D eigenvalue weighted by molar-refractivity contribution is 6.45. The van der Waals surface area contributed by atoms with Crippen molar-refractivity contribution in [1.82, 2.24) is 0 Å². The van der Waals surface area contributed by atoms with Gasteiger partial charge in [-0.15, -0.1) is 0 Å². The van der Waals surface area contributed by atoms with Gasteiger partial charge in [-0.3, -0.25) is 4.79 Å². The molecule has 1 N–H and O–H groups in total. The molecule has 0 bridgehead atoms. The molecule has 0 heterocycles. The number of hydrogen-bond acceptors (Lipinski definition) is 4. The number of carbonyl (C=O) groups is 1. The highest BCUT2D eigenvalue weighted by Crippen LogP contribution is 2.14. The Bertz CT molecular complexity index is 407. The number of carbonyl (C=O) groups excluding carboxylic acids is 1. The van der Waals surface area contributed by atoms with E-state index in [0.717, 1.165) is 0 Å². The minimum absolute atomic E-state index is 0.185. The summed E-state index contributed by atoms with van der Waals surface area (Å²) in [5, 5.41) is 11.9. The second-order valence-corrected chi connectivity index (χ2v) is 4.20. The number of Topliss-reactive ketones (excluding diaryl/α,β-unsaturated/α-hetero) is 1. The van der Waals surface area contributed by atoms with E-state index in [1.165, 1.54) is 0 Å². The third-order valence-corrected chi connectivity index (χ3v) is 2.34. The van der Waals surface area contributed by atoms with Gasteiger partial charge in [0, 0.05) is 5.56 Å². The lowest BCUT2D eigenvalue weighted by atomic mass is 9.99. The average molecular weight is 235 g/mol. The summed E-state index contributed by atoms with van der Waals surface area (Å²) in [7, 11) is 1.57. The first-order valence-corrected chi connectivity index (χ1v) is 5.48. The topological polar surface area (TPSA) is 58.9 Å². The summed E-state index contributed by atoms with van der Waals surface area (Å²) in [6.45, 7) is 3.93. The predicted molar refractivity (Wildman–Crippen MR) is 66.0 cm³/mol. The van der Waals surface area contributed by atoms with Gasteiger partial charge in [0.15, 0.2) is 0 Å². The summed E-state index contributed by atoms with van der Waals surface area (Å²) in [6.07, 6.45) is 0.460. The van der Waals surface area contributed by atoms with Crippen molar-refractivity contribution in [3.63, 3.8) is 0 Å². The fourth-order valence-electron chi connectivity index (χ4n) is 1.47. The number of nitrogens with zero attached hydrogens (tertiary/aromatic N) is 1. The summed E-state index contributed by atoms with van der Waals surface area (Å²) >= 11 is 0. The molecule has 1 aromatic rings. The molecular weight excluding hydrogens is 218 g/mol. The molecule has 0 radical (unpaired) electrons. The lowest BCUT2D eigenvalue weighted by molar-refractivity contribution is 0.105. The number of methoxy groups -OCH3 is 1. The number of hydrogen-bond donors (Lipinski definition) is 1. The minimum Gasteiger partial charge on any atom is -0.497 e. The standard InChI is InChI=1S/C13H17NO3/c1-9(2)8-12(14-16)13(15)10-4-6-11(17-3)7-5-10/h4-7,9,16H,8H2,1-3H3/b14-12+. The van der Waals surface area contributed by atoms with E-state index in [1.54, 1.807) is 31.4 Å². The lowest BCUT2D eigenvalue weighted by Gasteiger charge is -2.07. The molecule has 0 saturated carbocycles. The molecule has 0 fully saturated rings. The van der Waals surface area contributed by atoms with Crippen molar-refractivity contribution in [3.05, 3.63) is 29.8 Å². The van der Waals surface area contributed by atoms with E-state index >= 15 is 0 Å². The zero-order valence-electron chi connectivity index (χ0n) is 10.3. The molecule has 0 saturated heterocycles. The van der Waals surface area contributed by atoms with Crippen LogP contribution in [-0.4, -0.2) is 23.8 Å². The van der Waals surface area contributed by atoms with E-state index in [0.29, 0.717) is 17.7 Å². The average Bonchev–Trinajstić information content (AvgIpc) is 2.35. The first-order chi connectivity index (χ1) is 8.08. The first kappa shape index (κ1) is 13.2. The largest absolute Gasteiger partial charge is 0.497 e. The minimum atomic E-state index is -0.246. The number of benzene rings is 1. The zero-order chi connectivity index (χ0) is 12.8. The summed E-state index contributed by atoms with van der Waals surface area (Å²) < 4.78 is 5.01. The highest BCUT2D eigenvalue weighted by atomic mass is 16.5.